The molecule has 0 aromatic carbocycles. The van der Waals surface area contributed by atoms with Gasteiger partial charge in [0.1, 0.15) is 0 Å². The highest BCUT2D eigenvalue weighted by Gasteiger charge is 1.93. The minimum Gasteiger partial charge on any atom is -0.275 e. The number of hydrogen-bond acceptors (Lipinski definition) is 2. The van der Waals surface area contributed by atoms with E-state index in [2.05, 4.69) is 10.2 Å². The molecule has 0 bridgehead atoms. The highest BCUT2D eigenvalue weighted by Crippen LogP contribution is 1.64. The van der Waals surface area contributed by atoms with Crippen LogP contribution in [0.15, 0.2) is 0 Å². The van der Waals surface area contributed by atoms with Crippen LogP contribution in [0.4, 0.5) is 4.79 Å². The van der Waals surface area contributed by atoms with Gasteiger partial charge in [-0.2, -0.15) is 0 Å². The van der Waals surface area contributed by atoms with E-state index in [0.717, 1.165) is 0 Å². The number of rotatable bonds is 2. The Morgan fingerprint density at radius 3 is 2.88 bits per heavy atom. The van der Waals surface area contributed by atoms with Gasteiger partial charge in [0.2, 0.25) is 0 Å². The number of carbonyl (C=O) groups is 1. The molecule has 1 radical (unpaired) electrons. The Hall–Kier alpha value is -0.770. The van der Waals surface area contributed by atoms with Crippen molar-refractivity contribution in [2.45, 2.75) is 6.92 Å². The maximum absolute atomic E-state index is 10.2. The zero-order valence-electron chi connectivity index (χ0n) is 4.97. The zero-order chi connectivity index (χ0) is 6.41. The van der Waals surface area contributed by atoms with E-state index in [9.17, 15) is 4.79 Å². The molecule has 47 valence electrons. The van der Waals surface area contributed by atoms with E-state index in [-0.39, 0.29) is 0 Å². The van der Waals surface area contributed by atoms with Crippen molar-refractivity contribution in [3.63, 3.8) is 0 Å². The molecule has 2 amide bonds. The lowest BCUT2D eigenvalue weighted by Gasteiger charge is -1.96. The molecule has 1 N–H and O–H groups in total. The molecule has 4 heteroatoms. The molecule has 4 nitrogen and oxygen atoms in total. The lowest BCUT2D eigenvalue weighted by atomic mass is 10.7. The van der Waals surface area contributed by atoms with Crippen LogP contribution in [0.5, 0.6) is 0 Å². The monoisotopic (exact) mass is 117 g/mol. The number of nitrogens with zero attached hydrogens (tertiary/aromatic N) is 1. The molecule has 0 unspecified atom stereocenters. The minimum absolute atomic E-state index is 0.435. The predicted octanol–water partition coefficient (Wildman–Crippen LogP) is -0.118. The smallest absolute Gasteiger partial charge is 0.275 e. The van der Waals surface area contributed by atoms with Gasteiger partial charge >= 0.3 is 6.03 Å². The van der Waals surface area contributed by atoms with Crippen LogP contribution in [0.2, 0.25) is 0 Å². The lowest BCUT2D eigenvalue weighted by molar-refractivity contribution is 0.107. The normalized spacial score (nSPS) is 8.25. The maximum Gasteiger partial charge on any atom is 0.360 e. The molecule has 0 saturated carbocycles. The van der Waals surface area contributed by atoms with E-state index < -0.39 is 6.03 Å². The summed E-state index contributed by atoms with van der Waals surface area (Å²) in [6.07, 6.45) is 0. The van der Waals surface area contributed by atoms with Crippen molar-refractivity contribution in [2.24, 2.45) is 0 Å². The maximum atomic E-state index is 10.2. The van der Waals surface area contributed by atoms with E-state index in [1.807, 2.05) is 5.48 Å². The van der Waals surface area contributed by atoms with Crippen LogP contribution in [0.1, 0.15) is 6.92 Å². The summed E-state index contributed by atoms with van der Waals surface area (Å²) in [5, 5.41) is 3.44. The molecule has 8 heavy (non-hydrogen) atoms. The Morgan fingerprint density at radius 1 is 1.88 bits per heavy atom. The van der Waals surface area contributed by atoms with Gasteiger partial charge in [0.15, 0.2) is 0 Å². The third-order valence-corrected chi connectivity index (χ3v) is 0.491. The summed E-state index contributed by atoms with van der Waals surface area (Å²) in [5.41, 5.74) is 2.04. The summed E-state index contributed by atoms with van der Waals surface area (Å²) in [6, 6.07) is -0.435. The van der Waals surface area contributed by atoms with Crippen molar-refractivity contribution >= 4 is 6.03 Å². The first-order valence-electron chi connectivity index (χ1n) is 2.31. The molecule has 0 aliphatic rings. The van der Waals surface area contributed by atoms with Gasteiger partial charge in [0.05, 0.1) is 7.11 Å². The van der Waals surface area contributed by atoms with Gasteiger partial charge in [-0.1, -0.05) is 0 Å². The quantitative estimate of drug-likeness (QED) is 0.513. The predicted molar refractivity (Wildman–Crippen MR) is 28.2 cm³/mol. The summed E-state index contributed by atoms with van der Waals surface area (Å²) < 4.78 is 0. The number of hydrogen-bond donors (Lipinski definition) is 1. The van der Waals surface area contributed by atoms with Gasteiger partial charge in [-0.3, -0.25) is 4.84 Å². The molecular formula is C4H9N2O2. The van der Waals surface area contributed by atoms with Crippen molar-refractivity contribution in [1.82, 2.24) is 10.8 Å². The summed E-state index contributed by atoms with van der Waals surface area (Å²) in [5.74, 6) is 0. The Morgan fingerprint density at radius 2 is 2.50 bits per heavy atom. The zero-order valence-corrected chi connectivity index (χ0v) is 4.97. The van der Waals surface area contributed by atoms with E-state index in [0.29, 0.717) is 6.54 Å². The van der Waals surface area contributed by atoms with Gasteiger partial charge in [0, 0.05) is 6.54 Å². The number of carbonyl (C=O) groups excluding carboxylic acids is 1. The number of amides is 2. The highest BCUT2D eigenvalue weighted by atomic mass is 16.6. The second-order valence-corrected chi connectivity index (χ2v) is 1.09. The average molecular weight is 117 g/mol. The molecule has 0 rings (SSSR count). The SMILES string of the molecule is CC[N]C(=O)NOC. The molecule has 0 spiro atoms. The molecule has 0 aliphatic carbocycles. The lowest BCUT2D eigenvalue weighted by Crippen LogP contribution is -2.29. The van der Waals surface area contributed by atoms with Crippen LogP contribution in [-0.2, 0) is 4.84 Å². The fourth-order valence-electron chi connectivity index (χ4n) is 0.263. The number of hydroxylamine groups is 1. The first-order valence-corrected chi connectivity index (χ1v) is 2.31. The number of urea groups is 1. The largest absolute Gasteiger partial charge is 0.360 e. The molecule has 0 fully saturated rings. The summed E-state index contributed by atoms with van der Waals surface area (Å²) >= 11 is 0. The highest BCUT2D eigenvalue weighted by molar-refractivity contribution is 5.72. The van der Waals surface area contributed by atoms with Crippen LogP contribution in [-0.4, -0.2) is 19.7 Å². The summed E-state index contributed by atoms with van der Waals surface area (Å²) in [6.45, 7) is 2.25. The molecule has 0 aromatic heterocycles. The van der Waals surface area contributed by atoms with Crippen LogP contribution >= 0.6 is 0 Å². The van der Waals surface area contributed by atoms with Crippen molar-refractivity contribution < 1.29 is 9.63 Å². The van der Waals surface area contributed by atoms with Gasteiger partial charge in [-0.05, 0) is 6.92 Å². The Balaban J connectivity index is 3.06. The topological polar surface area (TPSA) is 52.4 Å². The fraction of sp³-hybridized carbons (Fsp3) is 0.750. The van der Waals surface area contributed by atoms with Crippen molar-refractivity contribution in [1.29, 1.82) is 0 Å². The molecular weight excluding hydrogens is 108 g/mol. The second kappa shape index (κ2) is 4.39. The molecule has 0 atom stereocenters. The second-order valence-electron chi connectivity index (χ2n) is 1.09. The standard InChI is InChI=1S/C4H9N2O2/c1-3-5-4(7)6-8-2/h3H2,1-2H3,(H,6,7). The Bertz CT molecular complexity index is 66.4. The molecule has 0 aromatic rings. The van der Waals surface area contributed by atoms with Gasteiger partial charge in [-0.15, -0.1) is 0 Å². The Kier molecular flexibility index (Phi) is 3.97. The number of nitrogens with one attached hydrogen (secondary N) is 1. The van der Waals surface area contributed by atoms with Crippen LogP contribution in [0.25, 0.3) is 0 Å². The Labute approximate surface area is 48.2 Å². The van der Waals surface area contributed by atoms with Crippen molar-refractivity contribution in [2.75, 3.05) is 13.7 Å². The third kappa shape index (κ3) is 3.42. The van der Waals surface area contributed by atoms with Gasteiger partial charge in [0.25, 0.3) is 0 Å². The fourth-order valence-corrected chi connectivity index (χ4v) is 0.263. The molecule has 0 aliphatic heterocycles. The summed E-state index contributed by atoms with van der Waals surface area (Å²) in [7, 11) is 1.36. The first-order chi connectivity index (χ1) is 3.81. The van der Waals surface area contributed by atoms with Crippen molar-refractivity contribution in [3.05, 3.63) is 0 Å². The van der Waals surface area contributed by atoms with E-state index in [1.54, 1.807) is 6.92 Å². The molecule has 0 heterocycles. The van der Waals surface area contributed by atoms with Crippen LogP contribution in [0, 0.1) is 0 Å². The van der Waals surface area contributed by atoms with Crippen LogP contribution < -0.4 is 10.8 Å². The average Bonchev–Trinajstić information content (AvgIpc) is 1.68. The summed E-state index contributed by atoms with van der Waals surface area (Å²) in [4.78, 5) is 14.5. The molecule has 0 saturated heterocycles. The van der Waals surface area contributed by atoms with E-state index >= 15 is 0 Å². The third-order valence-electron chi connectivity index (χ3n) is 0.491. The van der Waals surface area contributed by atoms with Crippen molar-refractivity contribution in [3.8, 4) is 0 Å². The van der Waals surface area contributed by atoms with Crippen LogP contribution in [0.3, 0.4) is 0 Å². The first kappa shape index (κ1) is 7.23. The van der Waals surface area contributed by atoms with Gasteiger partial charge < -0.3 is 0 Å². The minimum atomic E-state index is -0.435. The van der Waals surface area contributed by atoms with E-state index in [1.165, 1.54) is 7.11 Å². The van der Waals surface area contributed by atoms with Gasteiger partial charge in [-0.25, -0.2) is 15.6 Å². The van der Waals surface area contributed by atoms with E-state index in [4.69, 9.17) is 0 Å².